The lowest BCUT2D eigenvalue weighted by atomic mass is 10.2. The van der Waals surface area contributed by atoms with Crippen molar-refractivity contribution in [3.63, 3.8) is 0 Å². The summed E-state index contributed by atoms with van der Waals surface area (Å²) < 4.78 is 2.09. The Morgan fingerprint density at radius 2 is 1.88 bits per heavy atom. The largest absolute Gasteiger partial charge is 0.270 e. The molecule has 0 spiro atoms. The van der Waals surface area contributed by atoms with E-state index in [1.807, 2.05) is 31.2 Å². The molecule has 0 fully saturated rings. The number of nitrogens with zero attached hydrogens (tertiary/aromatic N) is 4. The molecule has 2 aromatic heterocycles. The van der Waals surface area contributed by atoms with Crippen molar-refractivity contribution in [1.29, 1.82) is 0 Å². The highest BCUT2D eigenvalue weighted by Crippen LogP contribution is 2.31. The van der Waals surface area contributed by atoms with Gasteiger partial charge in [0.2, 0.25) is 0 Å². The quantitative estimate of drug-likeness (QED) is 0.599. The number of benzene rings is 1. The molecule has 0 atom stereocenters. The van der Waals surface area contributed by atoms with Gasteiger partial charge in [0.05, 0.1) is 5.69 Å². The van der Waals surface area contributed by atoms with Crippen LogP contribution in [-0.2, 0) is 0 Å². The second-order valence-electron chi connectivity index (χ2n) is 5.97. The van der Waals surface area contributed by atoms with Gasteiger partial charge in [-0.3, -0.25) is 9.55 Å². The van der Waals surface area contributed by atoms with Crippen molar-refractivity contribution < 1.29 is 0 Å². The van der Waals surface area contributed by atoms with Crippen molar-refractivity contribution in [3.05, 3.63) is 53.3 Å². The Hall–Kier alpha value is -1.85. The fourth-order valence-electron chi connectivity index (χ4n) is 2.35. The third-order valence-corrected chi connectivity index (χ3v) is 5.36. The third-order valence-electron chi connectivity index (χ3n) is 3.60. The number of aromatic nitrogens is 4. The van der Waals surface area contributed by atoms with Crippen LogP contribution in [0.1, 0.15) is 19.4 Å². The van der Waals surface area contributed by atoms with E-state index in [4.69, 9.17) is 11.6 Å². The van der Waals surface area contributed by atoms with Gasteiger partial charge in [0, 0.05) is 28.7 Å². The number of hydrogen-bond acceptors (Lipinski definition) is 4. The van der Waals surface area contributed by atoms with Crippen molar-refractivity contribution in [1.82, 2.24) is 19.7 Å². The van der Waals surface area contributed by atoms with Crippen LogP contribution in [0.15, 0.2) is 47.9 Å². The standard InChI is InChI=1S/C18H19ClN4S/c1-12(2)11-24-18-22-21-17(14-7-9-20-10-8-14)23(18)16-6-4-5-15(19)13(16)3/h4-10,12H,11H2,1-3H3. The first kappa shape index (κ1) is 17.0. The van der Waals surface area contributed by atoms with E-state index in [0.29, 0.717) is 5.92 Å². The molecule has 3 aromatic rings. The average Bonchev–Trinajstić information content (AvgIpc) is 3.00. The molecular formula is C18H19ClN4S. The Labute approximate surface area is 151 Å². The maximum Gasteiger partial charge on any atom is 0.196 e. The van der Waals surface area contributed by atoms with Gasteiger partial charge >= 0.3 is 0 Å². The Bertz CT molecular complexity index is 830. The fraction of sp³-hybridized carbons (Fsp3) is 0.278. The Morgan fingerprint density at radius 3 is 2.58 bits per heavy atom. The van der Waals surface area contributed by atoms with Gasteiger partial charge in [0.1, 0.15) is 0 Å². The van der Waals surface area contributed by atoms with Crippen LogP contribution >= 0.6 is 23.4 Å². The normalized spacial score (nSPS) is 11.2. The second-order valence-corrected chi connectivity index (χ2v) is 7.36. The smallest absolute Gasteiger partial charge is 0.196 e. The Kier molecular flexibility index (Phi) is 5.21. The summed E-state index contributed by atoms with van der Waals surface area (Å²) in [5, 5.41) is 10.5. The zero-order valence-electron chi connectivity index (χ0n) is 13.9. The highest BCUT2D eigenvalue weighted by molar-refractivity contribution is 7.99. The first-order valence-electron chi connectivity index (χ1n) is 7.82. The molecule has 0 unspecified atom stereocenters. The molecule has 3 rings (SSSR count). The summed E-state index contributed by atoms with van der Waals surface area (Å²) in [6.45, 7) is 6.41. The van der Waals surface area contributed by atoms with Gasteiger partial charge < -0.3 is 0 Å². The van der Waals surface area contributed by atoms with Gasteiger partial charge in [0.25, 0.3) is 0 Å². The topological polar surface area (TPSA) is 43.6 Å². The third kappa shape index (κ3) is 3.47. The van der Waals surface area contributed by atoms with Crippen LogP contribution in [0.5, 0.6) is 0 Å². The SMILES string of the molecule is Cc1c(Cl)cccc1-n1c(SCC(C)C)nnc1-c1ccncc1. The number of thioether (sulfide) groups is 1. The molecule has 4 nitrogen and oxygen atoms in total. The molecule has 0 amide bonds. The molecule has 0 aliphatic rings. The summed E-state index contributed by atoms with van der Waals surface area (Å²) in [5.41, 5.74) is 3.00. The van der Waals surface area contributed by atoms with E-state index >= 15 is 0 Å². The Balaban J connectivity index is 2.16. The minimum atomic E-state index is 0.574. The van der Waals surface area contributed by atoms with E-state index in [-0.39, 0.29) is 0 Å². The molecule has 0 saturated heterocycles. The van der Waals surface area contributed by atoms with Gasteiger partial charge in [-0.2, -0.15) is 0 Å². The lowest BCUT2D eigenvalue weighted by molar-refractivity contribution is 0.745. The summed E-state index contributed by atoms with van der Waals surface area (Å²) in [6, 6.07) is 9.79. The molecule has 0 aliphatic carbocycles. The highest BCUT2D eigenvalue weighted by atomic mass is 35.5. The fourth-order valence-corrected chi connectivity index (χ4v) is 3.41. The highest BCUT2D eigenvalue weighted by Gasteiger charge is 2.18. The zero-order valence-corrected chi connectivity index (χ0v) is 15.5. The zero-order chi connectivity index (χ0) is 17.1. The van der Waals surface area contributed by atoms with Crippen molar-refractivity contribution in [2.45, 2.75) is 25.9 Å². The average molecular weight is 359 g/mol. The molecule has 0 N–H and O–H groups in total. The number of pyridine rings is 1. The predicted octanol–water partition coefficient (Wildman–Crippen LogP) is 5.04. The minimum Gasteiger partial charge on any atom is -0.270 e. The summed E-state index contributed by atoms with van der Waals surface area (Å²) in [4.78, 5) is 4.09. The van der Waals surface area contributed by atoms with Crippen molar-refractivity contribution in [2.75, 3.05) is 5.75 Å². The first-order valence-corrected chi connectivity index (χ1v) is 9.18. The molecule has 2 heterocycles. The van der Waals surface area contributed by atoms with Crippen molar-refractivity contribution in [3.8, 4) is 17.1 Å². The van der Waals surface area contributed by atoms with Crippen molar-refractivity contribution >= 4 is 23.4 Å². The molecule has 0 aliphatic heterocycles. The van der Waals surface area contributed by atoms with Crippen molar-refractivity contribution in [2.24, 2.45) is 5.92 Å². The maximum absolute atomic E-state index is 6.34. The van der Waals surface area contributed by atoms with Gasteiger partial charge in [0.15, 0.2) is 11.0 Å². The molecule has 24 heavy (non-hydrogen) atoms. The van der Waals surface area contributed by atoms with Crippen LogP contribution in [0.3, 0.4) is 0 Å². The van der Waals surface area contributed by atoms with Crippen LogP contribution < -0.4 is 0 Å². The summed E-state index contributed by atoms with van der Waals surface area (Å²) in [7, 11) is 0. The molecule has 6 heteroatoms. The number of hydrogen-bond donors (Lipinski definition) is 0. The van der Waals surface area contributed by atoms with E-state index in [9.17, 15) is 0 Å². The Morgan fingerprint density at radius 1 is 1.12 bits per heavy atom. The van der Waals surface area contributed by atoms with Crippen LogP contribution in [0.25, 0.3) is 17.1 Å². The second kappa shape index (κ2) is 7.36. The predicted molar refractivity (Wildman–Crippen MR) is 99.9 cm³/mol. The van der Waals surface area contributed by atoms with E-state index < -0.39 is 0 Å². The summed E-state index contributed by atoms with van der Waals surface area (Å²) in [6.07, 6.45) is 3.53. The van der Waals surface area contributed by atoms with Crippen LogP contribution in [0.4, 0.5) is 0 Å². The van der Waals surface area contributed by atoms with E-state index in [1.54, 1.807) is 24.2 Å². The lowest BCUT2D eigenvalue weighted by Crippen LogP contribution is -2.03. The maximum atomic E-state index is 6.34. The molecular weight excluding hydrogens is 340 g/mol. The van der Waals surface area contributed by atoms with Crippen LogP contribution in [-0.4, -0.2) is 25.5 Å². The summed E-state index contributed by atoms with van der Waals surface area (Å²) >= 11 is 8.05. The molecule has 0 radical (unpaired) electrons. The minimum absolute atomic E-state index is 0.574. The van der Waals surface area contributed by atoms with Gasteiger partial charge in [-0.1, -0.05) is 43.3 Å². The van der Waals surface area contributed by atoms with E-state index in [1.165, 1.54) is 0 Å². The molecule has 0 bridgehead atoms. The number of halogens is 1. The van der Waals surface area contributed by atoms with Gasteiger partial charge in [-0.25, -0.2) is 0 Å². The first-order chi connectivity index (χ1) is 11.6. The van der Waals surface area contributed by atoms with E-state index in [0.717, 1.165) is 38.6 Å². The summed E-state index contributed by atoms with van der Waals surface area (Å²) in [5.74, 6) is 2.35. The number of rotatable bonds is 5. The monoisotopic (exact) mass is 358 g/mol. The van der Waals surface area contributed by atoms with Gasteiger partial charge in [-0.05, 0) is 42.7 Å². The molecule has 1 aromatic carbocycles. The molecule has 124 valence electrons. The van der Waals surface area contributed by atoms with E-state index in [2.05, 4.69) is 39.7 Å². The van der Waals surface area contributed by atoms with Gasteiger partial charge in [-0.15, -0.1) is 10.2 Å². The van der Waals surface area contributed by atoms with Crippen LogP contribution in [0, 0.1) is 12.8 Å². The lowest BCUT2D eigenvalue weighted by Gasteiger charge is -2.14. The van der Waals surface area contributed by atoms with Crippen LogP contribution in [0.2, 0.25) is 5.02 Å². The molecule has 0 saturated carbocycles.